The lowest BCUT2D eigenvalue weighted by Gasteiger charge is -2.15. The molecule has 0 aliphatic carbocycles. The van der Waals surface area contributed by atoms with Gasteiger partial charge in [-0.15, -0.1) is 0 Å². The van der Waals surface area contributed by atoms with Gasteiger partial charge in [0.15, 0.2) is 0 Å². The number of methoxy groups -OCH3 is 1. The first-order chi connectivity index (χ1) is 8.22. The SMILES string of the molecule is COCCOCC(O)CNCC1CCC(=O)N1. The van der Waals surface area contributed by atoms with Gasteiger partial charge >= 0.3 is 0 Å². The highest BCUT2D eigenvalue weighted by molar-refractivity contribution is 5.78. The van der Waals surface area contributed by atoms with Gasteiger partial charge < -0.3 is 25.2 Å². The Bertz CT molecular complexity index is 226. The Labute approximate surface area is 102 Å². The van der Waals surface area contributed by atoms with E-state index in [4.69, 9.17) is 9.47 Å². The molecule has 0 aromatic heterocycles. The maximum atomic E-state index is 10.9. The molecule has 2 atom stereocenters. The zero-order valence-electron chi connectivity index (χ0n) is 10.3. The predicted molar refractivity (Wildman–Crippen MR) is 62.7 cm³/mol. The maximum absolute atomic E-state index is 10.9. The van der Waals surface area contributed by atoms with Crippen LogP contribution in [0.5, 0.6) is 0 Å². The second-order valence-corrected chi connectivity index (χ2v) is 4.18. The highest BCUT2D eigenvalue weighted by Gasteiger charge is 2.20. The number of amides is 1. The number of nitrogens with one attached hydrogen (secondary N) is 2. The van der Waals surface area contributed by atoms with Gasteiger partial charge in [-0.3, -0.25) is 4.79 Å². The summed E-state index contributed by atoms with van der Waals surface area (Å²) in [4.78, 5) is 10.9. The summed E-state index contributed by atoms with van der Waals surface area (Å²) in [5.41, 5.74) is 0. The minimum atomic E-state index is -0.524. The molecule has 0 spiro atoms. The van der Waals surface area contributed by atoms with Crippen molar-refractivity contribution in [3.05, 3.63) is 0 Å². The van der Waals surface area contributed by atoms with E-state index in [0.717, 1.165) is 6.42 Å². The minimum absolute atomic E-state index is 0.111. The number of aliphatic hydroxyl groups is 1. The van der Waals surface area contributed by atoms with Crippen LogP contribution >= 0.6 is 0 Å². The zero-order chi connectivity index (χ0) is 12.5. The number of rotatable bonds is 9. The van der Waals surface area contributed by atoms with Gasteiger partial charge in [-0.2, -0.15) is 0 Å². The average Bonchev–Trinajstić information content (AvgIpc) is 2.71. The van der Waals surface area contributed by atoms with Crippen LogP contribution in [0.2, 0.25) is 0 Å². The van der Waals surface area contributed by atoms with Crippen molar-refractivity contribution < 1.29 is 19.4 Å². The molecule has 0 aromatic rings. The van der Waals surface area contributed by atoms with Crippen molar-refractivity contribution in [2.24, 2.45) is 0 Å². The molecular formula is C11H22N2O4. The summed E-state index contributed by atoms with van der Waals surface area (Å²) in [6.07, 6.45) is 0.949. The molecule has 0 aromatic carbocycles. The molecule has 1 saturated heterocycles. The molecule has 1 fully saturated rings. The molecule has 3 N–H and O–H groups in total. The molecule has 0 radical (unpaired) electrons. The topological polar surface area (TPSA) is 79.8 Å². The Morgan fingerprint density at radius 2 is 2.41 bits per heavy atom. The first-order valence-corrected chi connectivity index (χ1v) is 5.97. The summed E-state index contributed by atoms with van der Waals surface area (Å²) in [5, 5.41) is 15.5. The van der Waals surface area contributed by atoms with E-state index in [1.54, 1.807) is 7.11 Å². The molecule has 1 amide bonds. The van der Waals surface area contributed by atoms with Gasteiger partial charge in [-0.25, -0.2) is 0 Å². The van der Waals surface area contributed by atoms with E-state index in [-0.39, 0.29) is 11.9 Å². The molecule has 0 bridgehead atoms. The molecule has 100 valence electrons. The van der Waals surface area contributed by atoms with E-state index >= 15 is 0 Å². The van der Waals surface area contributed by atoms with E-state index in [1.807, 2.05) is 0 Å². The van der Waals surface area contributed by atoms with E-state index in [0.29, 0.717) is 39.3 Å². The van der Waals surface area contributed by atoms with Crippen molar-refractivity contribution in [3.8, 4) is 0 Å². The third-order valence-corrected chi connectivity index (χ3v) is 2.60. The molecule has 17 heavy (non-hydrogen) atoms. The third-order valence-electron chi connectivity index (χ3n) is 2.60. The fourth-order valence-electron chi connectivity index (χ4n) is 1.68. The van der Waals surface area contributed by atoms with Gasteiger partial charge in [0.1, 0.15) is 0 Å². The van der Waals surface area contributed by atoms with Crippen LogP contribution in [-0.4, -0.2) is 63.2 Å². The van der Waals surface area contributed by atoms with Gasteiger partial charge in [0.25, 0.3) is 0 Å². The summed E-state index contributed by atoms with van der Waals surface area (Å²) in [6, 6.07) is 0.198. The first-order valence-electron chi connectivity index (χ1n) is 5.97. The summed E-state index contributed by atoms with van der Waals surface area (Å²) >= 11 is 0. The van der Waals surface area contributed by atoms with E-state index in [2.05, 4.69) is 10.6 Å². The summed E-state index contributed by atoms with van der Waals surface area (Å²) in [5.74, 6) is 0.111. The van der Waals surface area contributed by atoms with Crippen LogP contribution in [0.3, 0.4) is 0 Å². The molecule has 6 heteroatoms. The minimum Gasteiger partial charge on any atom is -0.389 e. The fourth-order valence-corrected chi connectivity index (χ4v) is 1.68. The predicted octanol–water partition coefficient (Wildman–Crippen LogP) is -1.12. The lowest BCUT2D eigenvalue weighted by Crippen LogP contribution is -2.39. The van der Waals surface area contributed by atoms with E-state index in [9.17, 15) is 9.90 Å². The number of ether oxygens (including phenoxy) is 2. The van der Waals surface area contributed by atoms with Crippen molar-refractivity contribution in [3.63, 3.8) is 0 Å². The second kappa shape index (κ2) is 8.41. The molecular weight excluding hydrogens is 224 g/mol. The van der Waals surface area contributed by atoms with Crippen LogP contribution in [0.1, 0.15) is 12.8 Å². The zero-order valence-corrected chi connectivity index (χ0v) is 10.3. The molecule has 0 saturated carbocycles. The van der Waals surface area contributed by atoms with E-state index in [1.165, 1.54) is 0 Å². The second-order valence-electron chi connectivity index (χ2n) is 4.18. The van der Waals surface area contributed by atoms with Gasteiger partial charge in [0.2, 0.25) is 5.91 Å². The number of aliphatic hydroxyl groups excluding tert-OH is 1. The molecule has 1 heterocycles. The van der Waals surface area contributed by atoms with Crippen molar-refractivity contribution >= 4 is 5.91 Å². The van der Waals surface area contributed by atoms with Gasteiger partial charge in [0.05, 0.1) is 25.9 Å². The lowest BCUT2D eigenvalue weighted by molar-refractivity contribution is -0.119. The Balaban J connectivity index is 1.92. The maximum Gasteiger partial charge on any atom is 0.220 e. The van der Waals surface area contributed by atoms with Crippen molar-refractivity contribution in [1.29, 1.82) is 0 Å². The normalized spacial score (nSPS) is 21.5. The third kappa shape index (κ3) is 6.58. The van der Waals surface area contributed by atoms with Crippen LogP contribution in [0.15, 0.2) is 0 Å². The highest BCUT2D eigenvalue weighted by atomic mass is 16.5. The number of hydrogen-bond acceptors (Lipinski definition) is 5. The van der Waals surface area contributed by atoms with Crippen molar-refractivity contribution in [2.45, 2.75) is 25.0 Å². The smallest absolute Gasteiger partial charge is 0.220 e. The van der Waals surface area contributed by atoms with Crippen LogP contribution < -0.4 is 10.6 Å². The van der Waals surface area contributed by atoms with Crippen molar-refractivity contribution in [2.75, 3.05) is 40.0 Å². The average molecular weight is 246 g/mol. The molecule has 1 rings (SSSR count). The van der Waals surface area contributed by atoms with Gasteiger partial charge in [0, 0.05) is 32.7 Å². The van der Waals surface area contributed by atoms with Gasteiger partial charge in [-0.1, -0.05) is 0 Å². The fraction of sp³-hybridized carbons (Fsp3) is 0.909. The molecule has 2 unspecified atom stereocenters. The standard InChI is InChI=1S/C11H22N2O4/c1-16-4-5-17-8-10(14)7-12-6-9-2-3-11(15)13-9/h9-10,12,14H,2-8H2,1H3,(H,13,15). The summed E-state index contributed by atoms with van der Waals surface area (Å²) in [6.45, 7) is 2.49. The monoisotopic (exact) mass is 246 g/mol. The first kappa shape index (κ1) is 14.4. The summed E-state index contributed by atoms with van der Waals surface area (Å²) < 4.78 is 10.0. The van der Waals surface area contributed by atoms with Crippen LogP contribution in [0.4, 0.5) is 0 Å². The van der Waals surface area contributed by atoms with Crippen LogP contribution in [-0.2, 0) is 14.3 Å². The summed E-state index contributed by atoms with van der Waals surface area (Å²) in [7, 11) is 1.61. The Kier molecular flexibility index (Phi) is 7.11. The lowest BCUT2D eigenvalue weighted by atomic mass is 10.2. The Hall–Kier alpha value is -0.690. The van der Waals surface area contributed by atoms with Crippen LogP contribution in [0.25, 0.3) is 0 Å². The number of carbonyl (C=O) groups excluding carboxylic acids is 1. The quantitative estimate of drug-likeness (QED) is 0.449. The molecule has 6 nitrogen and oxygen atoms in total. The number of carbonyl (C=O) groups is 1. The number of hydrogen-bond donors (Lipinski definition) is 3. The Morgan fingerprint density at radius 1 is 1.59 bits per heavy atom. The highest BCUT2D eigenvalue weighted by Crippen LogP contribution is 2.04. The van der Waals surface area contributed by atoms with Crippen molar-refractivity contribution in [1.82, 2.24) is 10.6 Å². The van der Waals surface area contributed by atoms with Gasteiger partial charge in [-0.05, 0) is 6.42 Å². The largest absolute Gasteiger partial charge is 0.389 e. The van der Waals surface area contributed by atoms with E-state index < -0.39 is 6.10 Å². The van der Waals surface area contributed by atoms with Crippen LogP contribution in [0, 0.1) is 0 Å². The molecule has 1 aliphatic heterocycles. The molecule has 1 aliphatic rings. The Morgan fingerprint density at radius 3 is 3.06 bits per heavy atom.